The van der Waals surface area contributed by atoms with Gasteiger partial charge in [-0.1, -0.05) is 15.9 Å². The molecule has 0 saturated carbocycles. The van der Waals surface area contributed by atoms with Crippen molar-refractivity contribution in [3.63, 3.8) is 0 Å². The molecular weight excluding hydrogens is 258 g/mol. The molecule has 4 heteroatoms. The monoisotopic (exact) mass is 267 g/mol. The molecule has 15 heavy (non-hydrogen) atoms. The van der Waals surface area contributed by atoms with Crippen molar-refractivity contribution in [3.05, 3.63) is 34.6 Å². The smallest absolute Gasteiger partial charge is 0.226 e. The normalized spacial score (nSPS) is 10.3. The second-order valence-corrected chi connectivity index (χ2v) is 4.07. The van der Waals surface area contributed by atoms with Gasteiger partial charge in [0.05, 0.1) is 13.3 Å². The average molecular weight is 268 g/mol. The van der Waals surface area contributed by atoms with Crippen molar-refractivity contribution in [3.8, 4) is 17.2 Å². The topological polar surface area (TPSA) is 35.3 Å². The van der Waals surface area contributed by atoms with Crippen molar-refractivity contribution >= 4 is 15.9 Å². The van der Waals surface area contributed by atoms with E-state index in [1.165, 1.54) is 0 Å². The van der Waals surface area contributed by atoms with Gasteiger partial charge in [0.15, 0.2) is 0 Å². The lowest BCUT2D eigenvalue weighted by Crippen LogP contribution is -1.84. The molecule has 0 aliphatic heterocycles. The predicted octanol–water partition coefficient (Wildman–Crippen LogP) is 3.42. The van der Waals surface area contributed by atoms with Crippen LogP contribution in [0.2, 0.25) is 0 Å². The number of benzene rings is 1. The van der Waals surface area contributed by atoms with Crippen LogP contribution in [0.4, 0.5) is 0 Å². The summed E-state index contributed by atoms with van der Waals surface area (Å²) in [6.07, 6.45) is 1.70. The Labute approximate surface area is 96.2 Å². The molecule has 0 N–H and O–H groups in total. The Morgan fingerprint density at radius 2 is 2.13 bits per heavy atom. The van der Waals surface area contributed by atoms with E-state index in [4.69, 9.17) is 9.15 Å². The lowest BCUT2D eigenvalue weighted by atomic mass is 10.2. The first-order valence-corrected chi connectivity index (χ1v) is 5.26. The van der Waals surface area contributed by atoms with Crippen LogP contribution in [0.1, 0.15) is 5.76 Å². The molecule has 78 valence electrons. The van der Waals surface area contributed by atoms with Gasteiger partial charge in [0.2, 0.25) is 5.89 Å². The minimum atomic E-state index is 0.604. The molecule has 3 nitrogen and oxygen atoms in total. The first kappa shape index (κ1) is 10.2. The highest BCUT2D eigenvalue weighted by Gasteiger charge is 2.07. The van der Waals surface area contributed by atoms with E-state index in [-0.39, 0.29) is 0 Å². The van der Waals surface area contributed by atoms with Crippen LogP contribution in [0, 0.1) is 6.92 Å². The number of aromatic nitrogens is 1. The highest BCUT2D eigenvalue weighted by atomic mass is 79.9. The van der Waals surface area contributed by atoms with Crippen LogP contribution < -0.4 is 4.74 Å². The molecule has 0 saturated heterocycles. The summed E-state index contributed by atoms with van der Waals surface area (Å²) in [5.41, 5.74) is 0.898. The highest BCUT2D eigenvalue weighted by molar-refractivity contribution is 9.10. The lowest BCUT2D eigenvalue weighted by molar-refractivity contribution is 0.414. The molecule has 0 bridgehead atoms. The average Bonchev–Trinajstić information content (AvgIpc) is 2.64. The maximum Gasteiger partial charge on any atom is 0.226 e. The molecule has 0 aliphatic rings. The molecule has 0 spiro atoms. The molecule has 0 fully saturated rings. The molecule has 0 amide bonds. The summed E-state index contributed by atoms with van der Waals surface area (Å²) < 4.78 is 11.5. The third-order valence-electron chi connectivity index (χ3n) is 1.98. The molecule has 1 aromatic carbocycles. The fraction of sp³-hybridized carbons (Fsp3) is 0.182. The Balaban J connectivity index is 2.48. The minimum Gasteiger partial charge on any atom is -0.497 e. The maximum atomic E-state index is 5.44. The van der Waals surface area contributed by atoms with Crippen LogP contribution in [0.3, 0.4) is 0 Å². The fourth-order valence-corrected chi connectivity index (χ4v) is 1.76. The summed E-state index contributed by atoms with van der Waals surface area (Å²) in [6.45, 7) is 1.87. The van der Waals surface area contributed by atoms with Crippen molar-refractivity contribution in [1.82, 2.24) is 4.98 Å². The Morgan fingerprint density at radius 3 is 2.73 bits per heavy atom. The van der Waals surface area contributed by atoms with Gasteiger partial charge in [-0.3, -0.25) is 0 Å². The van der Waals surface area contributed by atoms with Gasteiger partial charge in [0, 0.05) is 10.0 Å². The lowest BCUT2D eigenvalue weighted by Gasteiger charge is -2.02. The third kappa shape index (κ3) is 2.21. The van der Waals surface area contributed by atoms with Crippen molar-refractivity contribution in [2.45, 2.75) is 6.92 Å². The zero-order valence-corrected chi connectivity index (χ0v) is 10.0. The summed E-state index contributed by atoms with van der Waals surface area (Å²) in [5, 5.41) is 0. The Kier molecular flexibility index (Phi) is 2.77. The summed E-state index contributed by atoms with van der Waals surface area (Å²) in [5.74, 6) is 2.17. The highest BCUT2D eigenvalue weighted by Crippen LogP contribution is 2.28. The van der Waals surface area contributed by atoms with Gasteiger partial charge in [-0.15, -0.1) is 0 Å². The van der Waals surface area contributed by atoms with Crippen LogP contribution >= 0.6 is 15.9 Å². The molecule has 0 aliphatic carbocycles. The fourth-order valence-electron chi connectivity index (χ4n) is 1.29. The van der Waals surface area contributed by atoms with Gasteiger partial charge >= 0.3 is 0 Å². The first-order chi connectivity index (χ1) is 7.19. The van der Waals surface area contributed by atoms with E-state index in [9.17, 15) is 0 Å². The van der Waals surface area contributed by atoms with E-state index in [0.29, 0.717) is 5.89 Å². The summed E-state index contributed by atoms with van der Waals surface area (Å²) in [4.78, 5) is 4.16. The zero-order chi connectivity index (χ0) is 10.8. The van der Waals surface area contributed by atoms with E-state index in [2.05, 4.69) is 20.9 Å². The largest absolute Gasteiger partial charge is 0.497 e. The summed E-state index contributed by atoms with van der Waals surface area (Å²) >= 11 is 3.41. The van der Waals surface area contributed by atoms with E-state index in [1.807, 2.05) is 25.1 Å². The Bertz CT molecular complexity index is 479. The van der Waals surface area contributed by atoms with E-state index < -0.39 is 0 Å². The Morgan fingerprint density at radius 1 is 1.33 bits per heavy atom. The van der Waals surface area contributed by atoms with Crippen molar-refractivity contribution in [2.24, 2.45) is 0 Å². The number of methoxy groups -OCH3 is 1. The van der Waals surface area contributed by atoms with Gasteiger partial charge < -0.3 is 9.15 Å². The summed E-state index contributed by atoms with van der Waals surface area (Å²) in [7, 11) is 1.63. The van der Waals surface area contributed by atoms with Crippen LogP contribution in [0.15, 0.2) is 33.3 Å². The van der Waals surface area contributed by atoms with Gasteiger partial charge in [-0.2, -0.15) is 0 Å². The van der Waals surface area contributed by atoms with E-state index in [1.54, 1.807) is 13.3 Å². The number of oxazole rings is 1. The van der Waals surface area contributed by atoms with Gasteiger partial charge in [0.25, 0.3) is 0 Å². The van der Waals surface area contributed by atoms with Gasteiger partial charge in [-0.05, 0) is 25.1 Å². The molecular formula is C11H10BrNO2. The molecule has 1 heterocycles. The SMILES string of the molecule is COc1cc(Br)cc(-c2ncc(C)o2)c1. The van der Waals surface area contributed by atoms with E-state index in [0.717, 1.165) is 21.5 Å². The second kappa shape index (κ2) is 4.06. The molecule has 0 unspecified atom stereocenters. The number of aryl methyl sites for hydroxylation is 1. The molecule has 0 radical (unpaired) electrons. The summed E-state index contributed by atoms with van der Waals surface area (Å²) in [6, 6.07) is 5.71. The number of rotatable bonds is 2. The maximum absolute atomic E-state index is 5.44. The second-order valence-electron chi connectivity index (χ2n) is 3.16. The van der Waals surface area contributed by atoms with Crippen LogP contribution in [0.5, 0.6) is 5.75 Å². The minimum absolute atomic E-state index is 0.604. The van der Waals surface area contributed by atoms with Crippen LogP contribution in [0.25, 0.3) is 11.5 Å². The quantitative estimate of drug-likeness (QED) is 0.837. The van der Waals surface area contributed by atoms with Gasteiger partial charge in [-0.25, -0.2) is 4.98 Å². The van der Waals surface area contributed by atoms with E-state index >= 15 is 0 Å². The Hall–Kier alpha value is -1.29. The molecule has 2 aromatic rings. The molecule has 2 rings (SSSR count). The van der Waals surface area contributed by atoms with Crippen LogP contribution in [-0.4, -0.2) is 12.1 Å². The standard InChI is InChI=1S/C11H10BrNO2/c1-7-6-13-11(15-7)8-3-9(12)5-10(4-8)14-2/h3-6H,1-2H3. The van der Waals surface area contributed by atoms with Crippen molar-refractivity contribution < 1.29 is 9.15 Å². The third-order valence-corrected chi connectivity index (χ3v) is 2.43. The molecule has 1 aromatic heterocycles. The van der Waals surface area contributed by atoms with Crippen LogP contribution in [-0.2, 0) is 0 Å². The number of halogens is 1. The first-order valence-electron chi connectivity index (χ1n) is 4.46. The van der Waals surface area contributed by atoms with Crippen molar-refractivity contribution in [2.75, 3.05) is 7.11 Å². The zero-order valence-electron chi connectivity index (χ0n) is 8.45. The number of hydrogen-bond donors (Lipinski definition) is 0. The number of nitrogens with zero attached hydrogens (tertiary/aromatic N) is 1. The number of ether oxygens (including phenoxy) is 1. The molecule has 0 atom stereocenters. The van der Waals surface area contributed by atoms with Crippen molar-refractivity contribution in [1.29, 1.82) is 0 Å². The predicted molar refractivity (Wildman–Crippen MR) is 60.9 cm³/mol. The van der Waals surface area contributed by atoms with Gasteiger partial charge in [0.1, 0.15) is 11.5 Å². The number of hydrogen-bond acceptors (Lipinski definition) is 3.